The zero-order chi connectivity index (χ0) is 28.2. The summed E-state index contributed by atoms with van der Waals surface area (Å²) >= 11 is 0. The van der Waals surface area contributed by atoms with Crippen molar-refractivity contribution in [1.29, 1.82) is 0 Å². The highest BCUT2D eigenvalue weighted by atomic mass is 16.6. The zero-order valence-electron chi connectivity index (χ0n) is 23.1. The molecule has 3 N–H and O–H groups in total. The van der Waals surface area contributed by atoms with Gasteiger partial charge in [-0.3, -0.25) is 14.4 Å². The van der Waals surface area contributed by atoms with Crippen LogP contribution >= 0.6 is 0 Å². The molecule has 0 aliphatic rings. The first-order chi connectivity index (χ1) is 17.3. The molecule has 0 aliphatic heterocycles. The molecule has 3 amide bonds. The minimum atomic E-state index is -1.11. The lowest BCUT2D eigenvalue weighted by Gasteiger charge is -2.35. The van der Waals surface area contributed by atoms with Crippen LogP contribution in [0.15, 0.2) is 24.3 Å². The topological polar surface area (TPSA) is 134 Å². The first-order valence-corrected chi connectivity index (χ1v) is 12.7. The van der Waals surface area contributed by atoms with Crippen LogP contribution in [0.4, 0.5) is 4.79 Å². The molecule has 10 heteroatoms. The van der Waals surface area contributed by atoms with Crippen molar-refractivity contribution in [3.8, 4) is 5.75 Å². The molecule has 0 spiro atoms. The Labute approximate surface area is 220 Å². The number of nitrogens with one attached hydrogen (secondary N) is 2. The van der Waals surface area contributed by atoms with Gasteiger partial charge in [-0.15, -0.1) is 0 Å². The lowest BCUT2D eigenvalue weighted by atomic mass is 9.98. The maximum absolute atomic E-state index is 14.0. The summed E-state index contributed by atoms with van der Waals surface area (Å²) in [6.45, 7) is 11.0. The van der Waals surface area contributed by atoms with Crippen LogP contribution in [0.2, 0.25) is 0 Å². The van der Waals surface area contributed by atoms with Gasteiger partial charge in [-0.05, 0) is 57.2 Å². The van der Waals surface area contributed by atoms with Gasteiger partial charge in [0.2, 0.25) is 11.8 Å². The molecule has 0 fully saturated rings. The number of phenolic OH excluding ortho intramolecular Hbond substituents is 1. The van der Waals surface area contributed by atoms with E-state index in [1.807, 2.05) is 20.8 Å². The van der Waals surface area contributed by atoms with Crippen LogP contribution in [0.1, 0.15) is 78.8 Å². The van der Waals surface area contributed by atoms with Crippen molar-refractivity contribution < 1.29 is 33.8 Å². The number of alkyl carbamates (subject to hydrolysis) is 1. The summed E-state index contributed by atoms with van der Waals surface area (Å²) in [5, 5.41) is 15.0. The summed E-state index contributed by atoms with van der Waals surface area (Å²) in [6.07, 6.45) is 1.95. The molecule has 0 aromatic heterocycles. The van der Waals surface area contributed by atoms with E-state index < -0.39 is 41.6 Å². The minimum Gasteiger partial charge on any atom is -0.508 e. The predicted octanol–water partition coefficient (Wildman–Crippen LogP) is 3.68. The van der Waals surface area contributed by atoms with Crippen LogP contribution in [-0.4, -0.2) is 65.7 Å². The third-order valence-corrected chi connectivity index (χ3v) is 5.39. The van der Waals surface area contributed by atoms with Crippen molar-refractivity contribution in [1.82, 2.24) is 15.5 Å². The lowest BCUT2D eigenvalue weighted by molar-refractivity contribution is -0.145. The van der Waals surface area contributed by atoms with Crippen molar-refractivity contribution in [2.75, 3.05) is 20.2 Å². The summed E-state index contributed by atoms with van der Waals surface area (Å²) in [5.41, 5.74) is -0.302. The molecule has 10 nitrogen and oxygen atoms in total. The fourth-order valence-corrected chi connectivity index (χ4v) is 3.70. The zero-order valence-corrected chi connectivity index (χ0v) is 23.1. The second-order valence-electron chi connectivity index (χ2n) is 10.4. The number of amides is 3. The molecule has 0 saturated heterocycles. The first-order valence-electron chi connectivity index (χ1n) is 12.7. The van der Waals surface area contributed by atoms with Crippen LogP contribution in [0.5, 0.6) is 5.75 Å². The monoisotopic (exact) mass is 521 g/mol. The SMILES string of the molecule is CCCCCN(C(=O)C(CC(C)C)NC(=O)OC(C)(C)C)C(C(=O)NCC(=O)OC)c1ccc(O)cc1. The molecular formula is C27H43N3O7. The molecule has 37 heavy (non-hydrogen) atoms. The number of carbonyl (C=O) groups excluding carboxylic acids is 4. The van der Waals surface area contributed by atoms with Gasteiger partial charge in [0.15, 0.2) is 0 Å². The number of rotatable bonds is 13. The predicted molar refractivity (Wildman–Crippen MR) is 140 cm³/mol. The molecule has 2 unspecified atom stereocenters. The highest BCUT2D eigenvalue weighted by molar-refractivity contribution is 5.93. The van der Waals surface area contributed by atoms with Gasteiger partial charge in [-0.25, -0.2) is 4.79 Å². The smallest absolute Gasteiger partial charge is 0.408 e. The Hall–Kier alpha value is -3.30. The maximum atomic E-state index is 14.0. The van der Waals surface area contributed by atoms with Crippen molar-refractivity contribution in [2.24, 2.45) is 5.92 Å². The Morgan fingerprint density at radius 3 is 2.19 bits per heavy atom. The summed E-state index contributed by atoms with van der Waals surface area (Å²) in [5.74, 6) is -1.60. The number of esters is 1. The first kappa shape index (κ1) is 31.7. The summed E-state index contributed by atoms with van der Waals surface area (Å²) < 4.78 is 10.0. The van der Waals surface area contributed by atoms with Gasteiger partial charge in [0.05, 0.1) is 7.11 Å². The van der Waals surface area contributed by atoms with Crippen molar-refractivity contribution in [3.05, 3.63) is 29.8 Å². The molecule has 208 valence electrons. The average Bonchev–Trinajstić information content (AvgIpc) is 2.80. The van der Waals surface area contributed by atoms with E-state index in [0.717, 1.165) is 12.8 Å². The molecule has 0 saturated carbocycles. The summed E-state index contributed by atoms with van der Waals surface area (Å²) in [6, 6.07) is 3.91. The Balaban J connectivity index is 3.45. The van der Waals surface area contributed by atoms with Gasteiger partial charge in [-0.1, -0.05) is 45.7 Å². The van der Waals surface area contributed by atoms with Gasteiger partial charge < -0.3 is 30.1 Å². The molecule has 1 aromatic carbocycles. The minimum absolute atomic E-state index is 0.00519. The summed E-state index contributed by atoms with van der Waals surface area (Å²) in [7, 11) is 1.21. The number of ether oxygens (including phenoxy) is 2. The number of carbonyl (C=O) groups is 4. The molecule has 1 rings (SSSR count). The second kappa shape index (κ2) is 15.1. The van der Waals surface area contributed by atoms with Gasteiger partial charge in [0.1, 0.15) is 30.0 Å². The number of unbranched alkanes of at least 4 members (excludes halogenated alkanes) is 2. The van der Waals surface area contributed by atoms with E-state index in [4.69, 9.17) is 4.74 Å². The van der Waals surface area contributed by atoms with Crippen molar-refractivity contribution in [3.63, 3.8) is 0 Å². The van der Waals surface area contributed by atoms with E-state index in [1.165, 1.54) is 24.1 Å². The number of hydrogen-bond donors (Lipinski definition) is 3. The number of phenols is 1. The fourth-order valence-electron chi connectivity index (χ4n) is 3.70. The molecule has 0 heterocycles. The van der Waals surface area contributed by atoms with Crippen LogP contribution < -0.4 is 10.6 Å². The Bertz CT molecular complexity index is 894. The van der Waals surface area contributed by atoms with E-state index >= 15 is 0 Å². The average molecular weight is 522 g/mol. The molecule has 1 aromatic rings. The van der Waals surface area contributed by atoms with E-state index in [2.05, 4.69) is 15.4 Å². The molecule has 2 atom stereocenters. The normalized spacial score (nSPS) is 12.9. The molecule has 0 bridgehead atoms. The standard InChI is InChI=1S/C27H43N3O7/c1-8-9-10-15-30(25(34)21(16-18(2)3)29-26(35)37-27(4,5)6)23(19-11-13-20(31)14-12-19)24(33)28-17-22(32)36-7/h11-14,18,21,23,31H,8-10,15-17H2,1-7H3,(H,28,33)(H,29,35). The van der Waals surface area contributed by atoms with Gasteiger partial charge in [0, 0.05) is 6.54 Å². The van der Waals surface area contributed by atoms with Crippen LogP contribution in [0.25, 0.3) is 0 Å². The third-order valence-electron chi connectivity index (χ3n) is 5.39. The highest BCUT2D eigenvalue weighted by Gasteiger charge is 2.36. The highest BCUT2D eigenvalue weighted by Crippen LogP contribution is 2.26. The number of nitrogens with zero attached hydrogens (tertiary/aromatic N) is 1. The van der Waals surface area contributed by atoms with Crippen molar-refractivity contribution in [2.45, 2.75) is 84.9 Å². The molecule has 0 radical (unpaired) electrons. The van der Waals surface area contributed by atoms with Gasteiger partial charge in [0.25, 0.3) is 0 Å². The quantitative estimate of drug-likeness (QED) is 0.266. The Morgan fingerprint density at radius 1 is 1.05 bits per heavy atom. The van der Waals surface area contributed by atoms with Crippen LogP contribution in [-0.2, 0) is 23.9 Å². The van der Waals surface area contributed by atoms with Gasteiger partial charge >= 0.3 is 12.1 Å². The Kier molecular flexibility index (Phi) is 12.9. The van der Waals surface area contributed by atoms with E-state index in [-0.39, 0.29) is 24.8 Å². The molecular weight excluding hydrogens is 478 g/mol. The lowest BCUT2D eigenvalue weighted by Crippen LogP contribution is -2.54. The Morgan fingerprint density at radius 2 is 1.68 bits per heavy atom. The van der Waals surface area contributed by atoms with Crippen LogP contribution in [0, 0.1) is 5.92 Å². The fraction of sp³-hybridized carbons (Fsp3) is 0.630. The number of hydrogen-bond acceptors (Lipinski definition) is 7. The number of benzene rings is 1. The maximum Gasteiger partial charge on any atom is 0.408 e. The van der Waals surface area contributed by atoms with E-state index in [1.54, 1.807) is 32.9 Å². The third kappa shape index (κ3) is 11.5. The molecule has 0 aliphatic carbocycles. The number of methoxy groups -OCH3 is 1. The largest absolute Gasteiger partial charge is 0.508 e. The van der Waals surface area contributed by atoms with Gasteiger partial charge in [-0.2, -0.15) is 0 Å². The number of aromatic hydroxyl groups is 1. The van der Waals surface area contributed by atoms with Crippen molar-refractivity contribution >= 4 is 23.9 Å². The van der Waals surface area contributed by atoms with E-state index in [0.29, 0.717) is 18.4 Å². The van der Waals surface area contributed by atoms with E-state index in [9.17, 15) is 24.3 Å². The van der Waals surface area contributed by atoms with Crippen LogP contribution in [0.3, 0.4) is 0 Å². The second-order valence-corrected chi connectivity index (χ2v) is 10.4. The summed E-state index contributed by atoms with van der Waals surface area (Å²) in [4.78, 5) is 53.1.